The van der Waals surface area contributed by atoms with Gasteiger partial charge in [-0.2, -0.15) is 0 Å². The molecule has 1 aliphatic heterocycles. The number of anilines is 1. The van der Waals surface area contributed by atoms with Crippen LogP contribution in [0.5, 0.6) is 0 Å². The molecule has 7 heteroatoms. The number of nitrogens with two attached hydrogens (primary N) is 1. The van der Waals surface area contributed by atoms with Crippen LogP contribution in [-0.2, 0) is 11.3 Å². The lowest BCUT2D eigenvalue weighted by atomic mass is 10.0. The second-order valence-corrected chi connectivity index (χ2v) is 6.63. The molecule has 0 unspecified atom stereocenters. The average Bonchev–Trinajstić information content (AvgIpc) is 3.04. The fraction of sp³-hybridized carbons (Fsp3) is 0.333. The van der Waals surface area contributed by atoms with Crippen molar-refractivity contribution >= 4 is 23.2 Å². The van der Waals surface area contributed by atoms with E-state index in [-0.39, 0.29) is 0 Å². The van der Waals surface area contributed by atoms with Crippen molar-refractivity contribution in [3.05, 3.63) is 46.6 Å². The lowest BCUT2D eigenvalue weighted by molar-refractivity contribution is 0.122. The van der Waals surface area contributed by atoms with Crippen molar-refractivity contribution in [3.8, 4) is 11.1 Å². The van der Waals surface area contributed by atoms with E-state index < -0.39 is 0 Å². The Bertz CT molecular complexity index is 917. The van der Waals surface area contributed by atoms with Gasteiger partial charge in [-0.3, -0.25) is 4.40 Å². The molecule has 3 aromatic rings. The Morgan fingerprint density at radius 1 is 1.16 bits per heavy atom. The van der Waals surface area contributed by atoms with Gasteiger partial charge in [0, 0.05) is 42.0 Å². The monoisotopic (exact) mass is 357 g/mol. The van der Waals surface area contributed by atoms with Gasteiger partial charge < -0.3 is 15.4 Å². The van der Waals surface area contributed by atoms with E-state index in [2.05, 4.69) is 21.2 Å². The molecule has 0 amide bonds. The first-order valence-corrected chi connectivity index (χ1v) is 8.72. The molecule has 0 atom stereocenters. The number of hydrogen-bond acceptors (Lipinski definition) is 5. The van der Waals surface area contributed by atoms with E-state index in [1.54, 1.807) is 0 Å². The molecule has 0 radical (unpaired) electrons. The quantitative estimate of drug-likeness (QED) is 0.780. The summed E-state index contributed by atoms with van der Waals surface area (Å²) in [4.78, 5) is 2.19. The number of nitrogens with zero attached hydrogens (tertiary/aromatic N) is 4. The topological polar surface area (TPSA) is 68.7 Å². The van der Waals surface area contributed by atoms with Crippen LogP contribution in [0.1, 0.15) is 11.1 Å². The van der Waals surface area contributed by atoms with Crippen LogP contribution in [0.15, 0.2) is 30.5 Å². The molecule has 3 heterocycles. The summed E-state index contributed by atoms with van der Waals surface area (Å²) in [5, 5.41) is 9.41. The van der Waals surface area contributed by atoms with E-state index in [0.717, 1.165) is 52.0 Å². The van der Waals surface area contributed by atoms with Gasteiger partial charge in [0.1, 0.15) is 0 Å². The predicted molar refractivity (Wildman–Crippen MR) is 99.1 cm³/mol. The molecule has 1 aromatic carbocycles. The summed E-state index contributed by atoms with van der Waals surface area (Å²) >= 11 is 6.50. The molecule has 2 aromatic heterocycles. The third kappa shape index (κ3) is 2.97. The van der Waals surface area contributed by atoms with E-state index >= 15 is 0 Å². The van der Waals surface area contributed by atoms with Gasteiger partial charge in [-0.15, -0.1) is 10.2 Å². The molecule has 6 nitrogen and oxygen atoms in total. The fourth-order valence-corrected chi connectivity index (χ4v) is 3.53. The highest BCUT2D eigenvalue weighted by Crippen LogP contribution is 2.32. The predicted octanol–water partition coefficient (Wildman–Crippen LogP) is 2.65. The van der Waals surface area contributed by atoms with Gasteiger partial charge in [0.2, 0.25) is 5.95 Å². The standard InChI is InChI=1S/C18H20ClN5O/c1-12-2-3-14(16(19)8-12)15-11-24-17(9-13(15)10-20)21-22-18(24)23-4-6-25-7-5-23/h2-3,8-9,11H,4-7,10,20H2,1H3. The molecule has 0 bridgehead atoms. The minimum atomic E-state index is 0.412. The van der Waals surface area contributed by atoms with Gasteiger partial charge in [-0.1, -0.05) is 23.7 Å². The summed E-state index contributed by atoms with van der Waals surface area (Å²) in [6, 6.07) is 8.05. The molecule has 0 aliphatic carbocycles. The van der Waals surface area contributed by atoms with Gasteiger partial charge in [0.25, 0.3) is 0 Å². The number of benzene rings is 1. The normalized spacial score (nSPS) is 15.1. The Labute approximate surface area is 151 Å². The Balaban J connectivity index is 1.87. The second-order valence-electron chi connectivity index (χ2n) is 6.23. The second kappa shape index (κ2) is 6.63. The summed E-state index contributed by atoms with van der Waals surface area (Å²) in [5.74, 6) is 0.825. The Hall–Kier alpha value is -2.15. The van der Waals surface area contributed by atoms with Gasteiger partial charge in [0.05, 0.1) is 13.2 Å². The van der Waals surface area contributed by atoms with Gasteiger partial charge in [0.15, 0.2) is 5.65 Å². The minimum Gasteiger partial charge on any atom is -0.378 e. The lowest BCUT2D eigenvalue weighted by Gasteiger charge is -2.26. The van der Waals surface area contributed by atoms with Crippen LogP contribution < -0.4 is 10.6 Å². The maximum Gasteiger partial charge on any atom is 0.231 e. The third-order valence-corrected chi connectivity index (χ3v) is 4.85. The Morgan fingerprint density at radius 3 is 2.68 bits per heavy atom. The number of rotatable bonds is 3. The van der Waals surface area contributed by atoms with Crippen molar-refractivity contribution in [2.75, 3.05) is 31.2 Å². The number of fused-ring (bicyclic) bond motifs is 1. The highest BCUT2D eigenvalue weighted by Gasteiger charge is 2.19. The maximum absolute atomic E-state index is 6.50. The molecule has 1 aliphatic rings. The number of aryl methyl sites for hydroxylation is 1. The van der Waals surface area contributed by atoms with Gasteiger partial charge >= 0.3 is 0 Å². The van der Waals surface area contributed by atoms with E-state index in [4.69, 9.17) is 22.1 Å². The number of morpholine rings is 1. The average molecular weight is 358 g/mol. The van der Waals surface area contributed by atoms with E-state index in [9.17, 15) is 0 Å². The van der Waals surface area contributed by atoms with E-state index in [1.807, 2.05) is 35.7 Å². The van der Waals surface area contributed by atoms with Gasteiger partial charge in [-0.05, 0) is 30.2 Å². The highest BCUT2D eigenvalue weighted by atomic mass is 35.5. The summed E-state index contributed by atoms with van der Waals surface area (Å²) in [6.45, 7) is 5.45. The Morgan fingerprint density at radius 2 is 1.96 bits per heavy atom. The summed E-state index contributed by atoms with van der Waals surface area (Å²) in [7, 11) is 0. The first-order valence-electron chi connectivity index (χ1n) is 8.34. The zero-order valence-corrected chi connectivity index (χ0v) is 14.8. The van der Waals surface area contributed by atoms with Crippen molar-refractivity contribution in [1.82, 2.24) is 14.6 Å². The molecule has 1 saturated heterocycles. The molecule has 0 saturated carbocycles. The number of halogens is 1. The molecule has 1 fully saturated rings. The van der Waals surface area contributed by atoms with Gasteiger partial charge in [-0.25, -0.2) is 0 Å². The van der Waals surface area contributed by atoms with Crippen molar-refractivity contribution in [3.63, 3.8) is 0 Å². The van der Waals surface area contributed by atoms with Crippen LogP contribution in [0.3, 0.4) is 0 Å². The molecular formula is C18H20ClN5O. The molecule has 0 spiro atoms. The number of hydrogen-bond donors (Lipinski definition) is 1. The summed E-state index contributed by atoms with van der Waals surface area (Å²) in [6.07, 6.45) is 2.04. The summed E-state index contributed by atoms with van der Waals surface area (Å²) < 4.78 is 7.44. The fourth-order valence-electron chi connectivity index (χ4n) is 3.19. The number of pyridine rings is 1. The van der Waals surface area contributed by atoms with Crippen molar-refractivity contribution < 1.29 is 4.74 Å². The lowest BCUT2D eigenvalue weighted by Crippen LogP contribution is -2.37. The van der Waals surface area contributed by atoms with E-state index in [0.29, 0.717) is 19.8 Å². The van der Waals surface area contributed by atoms with E-state index in [1.165, 1.54) is 0 Å². The van der Waals surface area contributed by atoms with Crippen LogP contribution in [-0.4, -0.2) is 40.9 Å². The van der Waals surface area contributed by atoms with Crippen molar-refractivity contribution in [1.29, 1.82) is 0 Å². The maximum atomic E-state index is 6.50. The number of ether oxygens (including phenoxy) is 1. The zero-order chi connectivity index (χ0) is 17.4. The minimum absolute atomic E-state index is 0.412. The van der Waals surface area contributed by atoms with Crippen molar-refractivity contribution in [2.24, 2.45) is 5.73 Å². The van der Waals surface area contributed by atoms with Crippen molar-refractivity contribution in [2.45, 2.75) is 13.5 Å². The molecular weight excluding hydrogens is 338 g/mol. The van der Waals surface area contributed by atoms with Crippen LogP contribution >= 0.6 is 11.6 Å². The first-order chi connectivity index (χ1) is 12.2. The highest BCUT2D eigenvalue weighted by molar-refractivity contribution is 6.33. The zero-order valence-electron chi connectivity index (χ0n) is 14.1. The Kier molecular flexibility index (Phi) is 4.33. The first kappa shape index (κ1) is 16.3. The van der Waals surface area contributed by atoms with Crippen LogP contribution in [0.25, 0.3) is 16.8 Å². The molecule has 4 rings (SSSR count). The summed E-state index contributed by atoms with van der Waals surface area (Å²) in [5.41, 5.74) is 10.9. The SMILES string of the molecule is Cc1ccc(-c2cn3c(N4CCOCC4)nnc3cc2CN)c(Cl)c1. The van der Waals surface area contributed by atoms with Crippen LogP contribution in [0.2, 0.25) is 5.02 Å². The third-order valence-electron chi connectivity index (χ3n) is 4.54. The number of aromatic nitrogens is 3. The largest absolute Gasteiger partial charge is 0.378 e. The van der Waals surface area contributed by atoms with Crippen LogP contribution in [0, 0.1) is 6.92 Å². The smallest absolute Gasteiger partial charge is 0.231 e. The molecule has 2 N–H and O–H groups in total. The van der Waals surface area contributed by atoms with Crippen LogP contribution in [0.4, 0.5) is 5.95 Å². The molecule has 25 heavy (non-hydrogen) atoms. The molecule has 130 valence electrons.